The summed E-state index contributed by atoms with van der Waals surface area (Å²) in [6, 6.07) is 5.45. The Morgan fingerprint density at radius 3 is 2.96 bits per heavy atom. The number of piperazine rings is 1. The van der Waals surface area contributed by atoms with Crippen molar-refractivity contribution in [2.45, 2.75) is 25.9 Å². The predicted octanol–water partition coefficient (Wildman–Crippen LogP) is 2.04. The monoisotopic (exact) mass is 369 g/mol. The first-order valence-electron chi connectivity index (χ1n) is 8.48. The first kappa shape index (κ1) is 16.9. The average molecular weight is 369 g/mol. The molecular weight excluding hydrogens is 350 g/mol. The van der Waals surface area contributed by atoms with Crippen LogP contribution in [0.2, 0.25) is 0 Å². The highest BCUT2D eigenvalue weighted by molar-refractivity contribution is 7.10. The maximum Gasteiger partial charge on any atom is 0.237 e. The van der Waals surface area contributed by atoms with Crippen LogP contribution < -0.4 is 5.32 Å². The van der Waals surface area contributed by atoms with E-state index in [1.54, 1.807) is 23.7 Å². The molecule has 26 heavy (non-hydrogen) atoms. The van der Waals surface area contributed by atoms with Crippen molar-refractivity contribution in [2.24, 2.45) is 0 Å². The van der Waals surface area contributed by atoms with Gasteiger partial charge in [-0.1, -0.05) is 5.16 Å². The largest absolute Gasteiger partial charge is 0.353 e. The molecule has 0 aromatic carbocycles. The first-order chi connectivity index (χ1) is 12.7. The van der Waals surface area contributed by atoms with E-state index in [0.29, 0.717) is 24.7 Å². The van der Waals surface area contributed by atoms with E-state index in [9.17, 15) is 4.79 Å². The van der Waals surface area contributed by atoms with Gasteiger partial charge >= 0.3 is 0 Å². The zero-order chi connectivity index (χ0) is 17.9. The first-order valence-corrected chi connectivity index (χ1v) is 9.36. The van der Waals surface area contributed by atoms with Crippen LogP contribution in [0.1, 0.15) is 16.3 Å². The smallest absolute Gasteiger partial charge is 0.237 e. The second-order valence-corrected chi connectivity index (χ2v) is 7.26. The molecule has 134 valence electrons. The van der Waals surface area contributed by atoms with Gasteiger partial charge in [0.25, 0.3) is 0 Å². The normalized spacial score (nSPS) is 18.0. The van der Waals surface area contributed by atoms with Crippen molar-refractivity contribution in [1.82, 2.24) is 25.3 Å². The fourth-order valence-corrected chi connectivity index (χ4v) is 3.98. The van der Waals surface area contributed by atoms with Gasteiger partial charge in [-0.3, -0.25) is 14.7 Å². The van der Waals surface area contributed by atoms with Gasteiger partial charge in [0.05, 0.1) is 12.5 Å². The molecule has 4 heterocycles. The summed E-state index contributed by atoms with van der Waals surface area (Å²) < 4.78 is 5.39. The van der Waals surface area contributed by atoms with Crippen molar-refractivity contribution in [1.29, 1.82) is 0 Å². The molecule has 3 aromatic rings. The molecule has 0 spiro atoms. The third kappa shape index (κ3) is 3.51. The fourth-order valence-electron chi connectivity index (χ4n) is 3.05. The van der Waals surface area contributed by atoms with Crippen LogP contribution in [0.3, 0.4) is 0 Å². The lowest BCUT2D eigenvalue weighted by molar-refractivity contribution is -0.129. The molecule has 1 fully saturated rings. The van der Waals surface area contributed by atoms with E-state index in [2.05, 4.69) is 43.7 Å². The quantitative estimate of drug-likeness (QED) is 0.741. The fraction of sp³-hybridized carbons (Fsp3) is 0.333. The van der Waals surface area contributed by atoms with Crippen LogP contribution in [-0.2, 0) is 17.8 Å². The van der Waals surface area contributed by atoms with Gasteiger partial charge in [-0.25, -0.2) is 0 Å². The molecular formula is C18H19N5O2S. The standard InChI is InChI=1S/C18H19N5O2S/c1-12-4-9-26-15(12)11-23-8-7-20-18(24)14(23)10-16-21-17(22-25-16)13-2-5-19-6-3-13/h2-6,9,14H,7-8,10-11H2,1H3,(H,20,24). The van der Waals surface area contributed by atoms with Crippen LogP contribution in [0.25, 0.3) is 11.4 Å². The van der Waals surface area contributed by atoms with E-state index in [0.717, 1.165) is 18.7 Å². The number of aryl methyl sites for hydroxylation is 1. The van der Waals surface area contributed by atoms with Gasteiger partial charge in [0, 0.05) is 42.5 Å². The highest BCUT2D eigenvalue weighted by Crippen LogP contribution is 2.22. The van der Waals surface area contributed by atoms with Gasteiger partial charge in [0.1, 0.15) is 0 Å². The number of carbonyl (C=O) groups excluding carboxylic acids is 1. The summed E-state index contributed by atoms with van der Waals surface area (Å²) in [5, 5.41) is 9.06. The molecule has 1 atom stereocenters. The van der Waals surface area contributed by atoms with Crippen LogP contribution in [0.4, 0.5) is 0 Å². The van der Waals surface area contributed by atoms with E-state index in [-0.39, 0.29) is 11.9 Å². The number of aromatic nitrogens is 3. The topological polar surface area (TPSA) is 84.2 Å². The van der Waals surface area contributed by atoms with Crippen molar-refractivity contribution in [2.75, 3.05) is 13.1 Å². The highest BCUT2D eigenvalue weighted by Gasteiger charge is 2.32. The van der Waals surface area contributed by atoms with Crippen molar-refractivity contribution in [3.63, 3.8) is 0 Å². The Hall–Kier alpha value is -2.58. The van der Waals surface area contributed by atoms with E-state index in [1.807, 2.05) is 12.1 Å². The average Bonchev–Trinajstić information content (AvgIpc) is 3.28. The number of carbonyl (C=O) groups is 1. The molecule has 1 amide bonds. The third-order valence-corrected chi connectivity index (χ3v) is 5.54. The van der Waals surface area contributed by atoms with Crippen molar-refractivity contribution in [3.8, 4) is 11.4 Å². The van der Waals surface area contributed by atoms with E-state index in [4.69, 9.17) is 4.52 Å². The summed E-state index contributed by atoms with van der Waals surface area (Å²) in [5.74, 6) is 0.986. The van der Waals surface area contributed by atoms with Crippen molar-refractivity contribution < 1.29 is 9.32 Å². The molecule has 0 saturated carbocycles. The SMILES string of the molecule is Cc1ccsc1CN1CCNC(=O)C1Cc1nc(-c2ccncc2)no1. The molecule has 1 aliphatic heterocycles. The van der Waals surface area contributed by atoms with Gasteiger partial charge in [0.2, 0.25) is 17.6 Å². The summed E-state index contributed by atoms with van der Waals surface area (Å²) in [6.07, 6.45) is 3.77. The molecule has 1 aliphatic rings. The lowest BCUT2D eigenvalue weighted by atomic mass is 10.1. The van der Waals surface area contributed by atoms with Gasteiger partial charge in [0.15, 0.2) is 0 Å². The summed E-state index contributed by atoms with van der Waals surface area (Å²) >= 11 is 1.72. The van der Waals surface area contributed by atoms with Crippen LogP contribution in [-0.4, -0.2) is 45.1 Å². The summed E-state index contributed by atoms with van der Waals surface area (Å²) in [5.41, 5.74) is 2.10. The Balaban J connectivity index is 1.52. The second-order valence-electron chi connectivity index (χ2n) is 6.26. The Kier molecular flexibility index (Phi) is 4.77. The number of hydrogen-bond acceptors (Lipinski definition) is 7. The van der Waals surface area contributed by atoms with Gasteiger partial charge < -0.3 is 9.84 Å². The molecule has 4 rings (SSSR count). The Morgan fingerprint density at radius 1 is 1.35 bits per heavy atom. The highest BCUT2D eigenvalue weighted by atomic mass is 32.1. The number of thiophene rings is 1. The van der Waals surface area contributed by atoms with Crippen LogP contribution >= 0.6 is 11.3 Å². The Bertz CT molecular complexity index is 892. The number of rotatable bonds is 5. The van der Waals surface area contributed by atoms with E-state index in [1.165, 1.54) is 10.4 Å². The van der Waals surface area contributed by atoms with Crippen LogP contribution in [0.15, 0.2) is 40.5 Å². The molecule has 8 heteroatoms. The molecule has 3 aromatic heterocycles. The zero-order valence-electron chi connectivity index (χ0n) is 14.4. The molecule has 1 N–H and O–H groups in total. The maximum atomic E-state index is 12.5. The minimum absolute atomic E-state index is 0.00844. The van der Waals surface area contributed by atoms with Crippen LogP contribution in [0.5, 0.6) is 0 Å². The molecule has 7 nitrogen and oxygen atoms in total. The number of nitrogens with zero attached hydrogens (tertiary/aromatic N) is 4. The number of hydrogen-bond donors (Lipinski definition) is 1. The summed E-state index contributed by atoms with van der Waals surface area (Å²) in [6.45, 7) is 4.32. The van der Waals surface area contributed by atoms with Gasteiger partial charge in [-0.05, 0) is 36.1 Å². The maximum absolute atomic E-state index is 12.5. The second kappa shape index (κ2) is 7.35. The minimum atomic E-state index is -0.309. The van der Waals surface area contributed by atoms with Crippen molar-refractivity contribution >= 4 is 17.2 Å². The molecule has 0 aliphatic carbocycles. The van der Waals surface area contributed by atoms with E-state index >= 15 is 0 Å². The molecule has 0 bridgehead atoms. The van der Waals surface area contributed by atoms with Gasteiger partial charge in [-0.15, -0.1) is 11.3 Å². The summed E-state index contributed by atoms with van der Waals surface area (Å²) in [7, 11) is 0. The predicted molar refractivity (Wildman–Crippen MR) is 97.5 cm³/mol. The molecule has 1 saturated heterocycles. The number of nitrogens with one attached hydrogen (secondary N) is 1. The molecule has 0 radical (unpaired) electrons. The molecule has 1 unspecified atom stereocenters. The van der Waals surface area contributed by atoms with Crippen molar-refractivity contribution in [3.05, 3.63) is 52.3 Å². The van der Waals surface area contributed by atoms with Gasteiger partial charge in [-0.2, -0.15) is 4.98 Å². The Morgan fingerprint density at radius 2 is 2.19 bits per heavy atom. The zero-order valence-corrected chi connectivity index (χ0v) is 15.2. The summed E-state index contributed by atoms with van der Waals surface area (Å²) in [4.78, 5) is 24.4. The Labute approximate surface area is 155 Å². The minimum Gasteiger partial charge on any atom is -0.353 e. The number of pyridine rings is 1. The lowest BCUT2D eigenvalue weighted by Crippen LogP contribution is -2.55. The third-order valence-electron chi connectivity index (χ3n) is 4.53. The lowest BCUT2D eigenvalue weighted by Gasteiger charge is -2.34. The van der Waals surface area contributed by atoms with Crippen LogP contribution in [0, 0.1) is 6.92 Å². The van der Waals surface area contributed by atoms with E-state index < -0.39 is 0 Å². The number of amides is 1.